The van der Waals surface area contributed by atoms with Crippen LogP contribution < -0.4 is 5.32 Å². The fraction of sp³-hybridized carbons (Fsp3) is 0.167. The summed E-state index contributed by atoms with van der Waals surface area (Å²) in [6, 6.07) is 13.9. The normalized spacial score (nSPS) is 12.3. The van der Waals surface area contributed by atoms with Crippen molar-refractivity contribution in [1.29, 1.82) is 0 Å². The maximum Gasteiger partial charge on any atom is 0.244 e. The Labute approximate surface area is 124 Å². The van der Waals surface area contributed by atoms with Crippen LogP contribution in [0.5, 0.6) is 0 Å². The molecule has 0 aliphatic carbocycles. The Morgan fingerprint density at radius 3 is 2.33 bits per heavy atom. The fourth-order valence-electron chi connectivity index (χ4n) is 1.95. The number of nitrogens with one attached hydrogen (secondary N) is 1. The Kier molecular flexibility index (Phi) is 4.88. The zero-order valence-electron chi connectivity index (χ0n) is 12.1. The molecule has 0 fully saturated rings. The molecule has 2 rings (SSSR count). The van der Waals surface area contributed by atoms with Crippen LogP contribution in [0.3, 0.4) is 0 Å². The lowest BCUT2D eigenvalue weighted by Crippen LogP contribution is -2.24. The van der Waals surface area contributed by atoms with Crippen molar-refractivity contribution in [2.45, 2.75) is 19.9 Å². The van der Waals surface area contributed by atoms with Crippen molar-refractivity contribution in [3.63, 3.8) is 0 Å². The van der Waals surface area contributed by atoms with E-state index < -0.39 is 0 Å². The third-order valence-electron chi connectivity index (χ3n) is 3.23. The van der Waals surface area contributed by atoms with E-state index in [-0.39, 0.29) is 17.8 Å². The van der Waals surface area contributed by atoms with Gasteiger partial charge >= 0.3 is 0 Å². The van der Waals surface area contributed by atoms with Gasteiger partial charge in [0.15, 0.2) is 0 Å². The van der Waals surface area contributed by atoms with Gasteiger partial charge in [-0.05, 0) is 43.2 Å². The molecule has 0 aliphatic heterocycles. The largest absolute Gasteiger partial charge is 0.346 e. The number of hydrogen-bond acceptors (Lipinski definition) is 1. The van der Waals surface area contributed by atoms with E-state index in [1.54, 1.807) is 18.2 Å². The average molecular weight is 283 g/mol. The Morgan fingerprint density at radius 2 is 1.71 bits per heavy atom. The highest BCUT2D eigenvalue weighted by atomic mass is 19.1. The van der Waals surface area contributed by atoms with E-state index >= 15 is 0 Å². The van der Waals surface area contributed by atoms with Gasteiger partial charge in [0.1, 0.15) is 5.82 Å². The summed E-state index contributed by atoms with van der Waals surface area (Å²) in [7, 11) is 0. The number of amides is 1. The van der Waals surface area contributed by atoms with Crippen molar-refractivity contribution in [3.05, 3.63) is 77.1 Å². The lowest BCUT2D eigenvalue weighted by atomic mass is 10.1. The van der Waals surface area contributed by atoms with Gasteiger partial charge in [-0.1, -0.05) is 42.0 Å². The number of carbonyl (C=O) groups is 1. The summed E-state index contributed by atoms with van der Waals surface area (Å²) in [6.07, 6.45) is 3.27. The summed E-state index contributed by atoms with van der Waals surface area (Å²) >= 11 is 0. The molecule has 0 aromatic heterocycles. The minimum atomic E-state index is -0.281. The van der Waals surface area contributed by atoms with Crippen LogP contribution in [0.4, 0.5) is 4.39 Å². The second kappa shape index (κ2) is 6.84. The first-order valence-electron chi connectivity index (χ1n) is 6.85. The number of aryl methyl sites for hydroxylation is 1. The van der Waals surface area contributed by atoms with Crippen LogP contribution in [0.25, 0.3) is 6.08 Å². The topological polar surface area (TPSA) is 29.1 Å². The molecule has 2 aromatic rings. The predicted octanol–water partition coefficient (Wildman–Crippen LogP) is 4.02. The van der Waals surface area contributed by atoms with Crippen LogP contribution in [0, 0.1) is 12.7 Å². The van der Waals surface area contributed by atoms with Crippen LogP contribution >= 0.6 is 0 Å². The SMILES string of the molecule is Cc1ccc(/C=C/C(=O)NC(C)c2ccc(F)cc2)cc1. The smallest absolute Gasteiger partial charge is 0.244 e. The molecule has 1 amide bonds. The van der Waals surface area contributed by atoms with Crippen LogP contribution in [0.1, 0.15) is 29.7 Å². The van der Waals surface area contributed by atoms with E-state index in [9.17, 15) is 9.18 Å². The molecule has 1 unspecified atom stereocenters. The quantitative estimate of drug-likeness (QED) is 0.843. The molecule has 1 atom stereocenters. The number of benzene rings is 2. The standard InChI is InChI=1S/C18H18FNO/c1-13-3-5-15(6-4-13)7-12-18(21)20-14(2)16-8-10-17(19)11-9-16/h3-12,14H,1-2H3,(H,20,21)/b12-7+. The first-order chi connectivity index (χ1) is 10.0. The van der Waals surface area contributed by atoms with Gasteiger partial charge in [0.25, 0.3) is 0 Å². The summed E-state index contributed by atoms with van der Waals surface area (Å²) in [6.45, 7) is 3.88. The Balaban J connectivity index is 1.94. The van der Waals surface area contributed by atoms with Crippen molar-refractivity contribution in [2.75, 3.05) is 0 Å². The summed E-state index contributed by atoms with van der Waals surface area (Å²) in [5.74, 6) is -0.455. The third-order valence-corrected chi connectivity index (χ3v) is 3.23. The van der Waals surface area contributed by atoms with Crippen molar-refractivity contribution in [3.8, 4) is 0 Å². The summed E-state index contributed by atoms with van der Waals surface area (Å²) < 4.78 is 12.9. The van der Waals surface area contributed by atoms with E-state index in [0.29, 0.717) is 0 Å². The monoisotopic (exact) mass is 283 g/mol. The Hall–Kier alpha value is -2.42. The van der Waals surface area contributed by atoms with E-state index in [4.69, 9.17) is 0 Å². The molecular weight excluding hydrogens is 265 g/mol. The van der Waals surface area contributed by atoms with Crippen molar-refractivity contribution in [2.24, 2.45) is 0 Å². The molecule has 1 N–H and O–H groups in total. The molecule has 0 saturated carbocycles. The molecule has 0 bridgehead atoms. The highest BCUT2D eigenvalue weighted by molar-refractivity contribution is 5.91. The van der Waals surface area contributed by atoms with Gasteiger partial charge in [-0.3, -0.25) is 4.79 Å². The third kappa shape index (κ3) is 4.56. The van der Waals surface area contributed by atoms with E-state index in [1.165, 1.54) is 23.8 Å². The van der Waals surface area contributed by atoms with Crippen molar-refractivity contribution >= 4 is 12.0 Å². The van der Waals surface area contributed by atoms with Gasteiger partial charge in [-0.15, -0.1) is 0 Å². The molecule has 0 aliphatic rings. The average Bonchev–Trinajstić information content (AvgIpc) is 2.47. The second-order valence-electron chi connectivity index (χ2n) is 5.03. The fourth-order valence-corrected chi connectivity index (χ4v) is 1.95. The van der Waals surface area contributed by atoms with Gasteiger partial charge < -0.3 is 5.32 Å². The van der Waals surface area contributed by atoms with E-state index in [2.05, 4.69) is 5.32 Å². The molecule has 0 saturated heterocycles. The lowest BCUT2D eigenvalue weighted by Gasteiger charge is -2.12. The van der Waals surface area contributed by atoms with Crippen LogP contribution in [0.2, 0.25) is 0 Å². The van der Waals surface area contributed by atoms with Gasteiger partial charge in [0, 0.05) is 6.08 Å². The highest BCUT2D eigenvalue weighted by Gasteiger charge is 2.07. The predicted molar refractivity (Wildman–Crippen MR) is 83.2 cm³/mol. The van der Waals surface area contributed by atoms with Crippen LogP contribution in [-0.4, -0.2) is 5.91 Å². The van der Waals surface area contributed by atoms with Gasteiger partial charge in [-0.25, -0.2) is 4.39 Å². The van der Waals surface area contributed by atoms with Crippen LogP contribution in [-0.2, 0) is 4.79 Å². The number of hydrogen-bond donors (Lipinski definition) is 1. The molecule has 21 heavy (non-hydrogen) atoms. The molecule has 2 aromatic carbocycles. The van der Waals surface area contributed by atoms with Crippen molar-refractivity contribution < 1.29 is 9.18 Å². The minimum Gasteiger partial charge on any atom is -0.346 e. The maximum atomic E-state index is 12.9. The maximum absolute atomic E-state index is 12.9. The van der Waals surface area contributed by atoms with Gasteiger partial charge in [0.05, 0.1) is 6.04 Å². The highest BCUT2D eigenvalue weighted by Crippen LogP contribution is 2.13. The summed E-state index contributed by atoms with van der Waals surface area (Å²) in [5, 5.41) is 2.85. The molecular formula is C18H18FNO. The zero-order chi connectivity index (χ0) is 15.2. The Bertz CT molecular complexity index is 629. The van der Waals surface area contributed by atoms with Gasteiger partial charge in [0.2, 0.25) is 5.91 Å². The first kappa shape index (κ1) is 15.0. The molecule has 0 radical (unpaired) electrons. The lowest BCUT2D eigenvalue weighted by molar-refractivity contribution is -0.117. The summed E-state index contributed by atoms with van der Waals surface area (Å²) in [4.78, 5) is 11.9. The van der Waals surface area contributed by atoms with Gasteiger partial charge in [-0.2, -0.15) is 0 Å². The minimum absolute atomic E-state index is 0.166. The molecule has 0 heterocycles. The second-order valence-corrected chi connectivity index (χ2v) is 5.03. The molecule has 108 valence electrons. The summed E-state index contributed by atoms with van der Waals surface area (Å²) in [5.41, 5.74) is 3.03. The zero-order valence-corrected chi connectivity index (χ0v) is 12.1. The number of rotatable bonds is 4. The molecule has 3 heteroatoms. The Morgan fingerprint density at radius 1 is 1.10 bits per heavy atom. The molecule has 2 nitrogen and oxygen atoms in total. The van der Waals surface area contributed by atoms with E-state index in [0.717, 1.165) is 11.1 Å². The number of halogens is 1. The van der Waals surface area contributed by atoms with Crippen molar-refractivity contribution in [1.82, 2.24) is 5.32 Å². The number of carbonyl (C=O) groups excluding carboxylic acids is 1. The van der Waals surface area contributed by atoms with E-state index in [1.807, 2.05) is 38.1 Å². The molecule has 0 spiro atoms. The van der Waals surface area contributed by atoms with Crippen LogP contribution in [0.15, 0.2) is 54.6 Å². The first-order valence-corrected chi connectivity index (χ1v) is 6.85.